The van der Waals surface area contributed by atoms with Crippen molar-refractivity contribution in [2.24, 2.45) is 0 Å². The van der Waals surface area contributed by atoms with E-state index in [-0.39, 0.29) is 0 Å². The molecule has 1 aliphatic heterocycles. The van der Waals surface area contributed by atoms with Crippen molar-refractivity contribution < 1.29 is 8.94 Å². The lowest BCUT2D eigenvalue weighted by molar-refractivity contribution is 0.175. The van der Waals surface area contributed by atoms with Gasteiger partial charge in [-0.3, -0.25) is 4.90 Å². The highest BCUT2D eigenvalue weighted by Gasteiger charge is 2.29. The topological polar surface area (TPSA) is 93.1 Å². The molecule has 1 unspecified atom stereocenters. The van der Waals surface area contributed by atoms with Gasteiger partial charge in [-0.25, -0.2) is 0 Å². The van der Waals surface area contributed by atoms with Gasteiger partial charge in [-0.05, 0) is 32.2 Å². The Morgan fingerprint density at radius 1 is 1.21 bits per heavy atom. The molecular formula is C16H24N6O2. The Hall–Kier alpha value is -1.80. The minimum Gasteiger partial charge on any atom is -0.424 e. The molecule has 1 aliphatic carbocycles. The van der Waals surface area contributed by atoms with Crippen LogP contribution in [0.25, 0.3) is 0 Å². The molecule has 1 N–H and O–H groups in total. The highest BCUT2D eigenvalue weighted by molar-refractivity contribution is 5.00. The number of aromatic nitrogens is 4. The van der Waals surface area contributed by atoms with Crippen LogP contribution in [0.3, 0.4) is 0 Å². The molecule has 2 aliphatic rings. The summed E-state index contributed by atoms with van der Waals surface area (Å²) < 4.78 is 10.9. The molecule has 4 rings (SSSR count). The molecule has 1 saturated carbocycles. The molecule has 1 atom stereocenters. The first-order valence-corrected chi connectivity index (χ1v) is 8.89. The Morgan fingerprint density at radius 2 is 2.12 bits per heavy atom. The second-order valence-corrected chi connectivity index (χ2v) is 6.72. The summed E-state index contributed by atoms with van der Waals surface area (Å²) in [4.78, 5) is 6.76. The minimum atomic E-state index is 0.424. The lowest BCUT2D eigenvalue weighted by Crippen LogP contribution is -2.45. The monoisotopic (exact) mass is 332 g/mol. The van der Waals surface area contributed by atoms with E-state index in [0.717, 1.165) is 50.6 Å². The maximum absolute atomic E-state index is 5.71. The van der Waals surface area contributed by atoms with Crippen LogP contribution >= 0.6 is 0 Å². The average molecular weight is 332 g/mol. The van der Waals surface area contributed by atoms with Crippen molar-refractivity contribution in [3.05, 3.63) is 23.5 Å². The Kier molecular flexibility index (Phi) is 4.57. The van der Waals surface area contributed by atoms with Gasteiger partial charge in [0, 0.05) is 24.9 Å². The van der Waals surface area contributed by atoms with Crippen LogP contribution < -0.4 is 5.32 Å². The Labute approximate surface area is 141 Å². The average Bonchev–Trinajstić information content (AvgIpc) is 3.17. The van der Waals surface area contributed by atoms with Crippen LogP contribution in [-0.2, 0) is 19.5 Å². The normalized spacial score (nSPS) is 22.1. The fourth-order valence-corrected chi connectivity index (χ4v) is 3.13. The second kappa shape index (κ2) is 6.98. The van der Waals surface area contributed by atoms with E-state index < -0.39 is 0 Å². The van der Waals surface area contributed by atoms with Gasteiger partial charge in [0.2, 0.25) is 17.7 Å². The van der Waals surface area contributed by atoms with E-state index in [1.165, 1.54) is 12.8 Å². The molecule has 0 spiro atoms. The van der Waals surface area contributed by atoms with E-state index in [9.17, 15) is 0 Å². The molecular weight excluding hydrogens is 308 g/mol. The van der Waals surface area contributed by atoms with Crippen LogP contribution in [-0.4, -0.2) is 44.4 Å². The van der Waals surface area contributed by atoms with Crippen LogP contribution in [0.5, 0.6) is 0 Å². The molecule has 0 amide bonds. The summed E-state index contributed by atoms with van der Waals surface area (Å²) in [5, 5.41) is 15.8. The predicted molar refractivity (Wildman–Crippen MR) is 85.1 cm³/mol. The highest BCUT2D eigenvalue weighted by atomic mass is 16.5. The van der Waals surface area contributed by atoms with Crippen molar-refractivity contribution >= 4 is 0 Å². The first-order chi connectivity index (χ1) is 11.8. The summed E-state index contributed by atoms with van der Waals surface area (Å²) in [6, 6.07) is 0.424. The maximum Gasteiger partial charge on any atom is 0.230 e. The summed E-state index contributed by atoms with van der Waals surface area (Å²) in [5.41, 5.74) is 0. The molecule has 130 valence electrons. The smallest absolute Gasteiger partial charge is 0.230 e. The van der Waals surface area contributed by atoms with Crippen LogP contribution in [0.1, 0.15) is 62.0 Å². The Morgan fingerprint density at radius 3 is 2.92 bits per heavy atom. The number of likely N-dealkylation sites (tertiary alicyclic amines) is 1. The van der Waals surface area contributed by atoms with Crippen LogP contribution in [0.4, 0.5) is 0 Å². The fourth-order valence-electron chi connectivity index (χ4n) is 3.13. The summed E-state index contributed by atoms with van der Waals surface area (Å²) >= 11 is 0. The molecule has 0 bridgehead atoms. The zero-order valence-corrected chi connectivity index (χ0v) is 14.1. The van der Waals surface area contributed by atoms with E-state index in [0.29, 0.717) is 30.3 Å². The van der Waals surface area contributed by atoms with Gasteiger partial charge in [0.1, 0.15) is 0 Å². The van der Waals surface area contributed by atoms with Crippen molar-refractivity contribution in [2.75, 3.05) is 13.1 Å². The lowest BCUT2D eigenvalue weighted by Gasteiger charge is -2.32. The van der Waals surface area contributed by atoms with Gasteiger partial charge in [0.15, 0.2) is 5.82 Å². The van der Waals surface area contributed by atoms with Gasteiger partial charge in [-0.1, -0.05) is 12.1 Å². The van der Waals surface area contributed by atoms with Crippen molar-refractivity contribution in [3.63, 3.8) is 0 Å². The van der Waals surface area contributed by atoms with Gasteiger partial charge >= 0.3 is 0 Å². The third-order valence-corrected chi connectivity index (χ3v) is 4.63. The summed E-state index contributed by atoms with van der Waals surface area (Å²) in [5.74, 6) is 3.50. The number of hydrogen-bond donors (Lipinski definition) is 1. The van der Waals surface area contributed by atoms with Crippen molar-refractivity contribution in [1.29, 1.82) is 0 Å². The largest absolute Gasteiger partial charge is 0.424 e. The van der Waals surface area contributed by atoms with Crippen molar-refractivity contribution in [1.82, 2.24) is 30.6 Å². The number of nitrogens with one attached hydrogen (secondary N) is 1. The minimum absolute atomic E-state index is 0.424. The Balaban J connectivity index is 1.26. The first kappa shape index (κ1) is 15.7. The third-order valence-electron chi connectivity index (χ3n) is 4.63. The SMILES string of the molecule is CCc1nc(CN2CCCC(NCc3nnc(C4CC4)o3)C2)no1. The third kappa shape index (κ3) is 3.81. The molecule has 1 saturated heterocycles. The van der Waals surface area contributed by atoms with Crippen LogP contribution in [0, 0.1) is 0 Å². The number of aryl methyl sites for hydroxylation is 1. The zero-order valence-electron chi connectivity index (χ0n) is 14.1. The van der Waals surface area contributed by atoms with Gasteiger partial charge in [-0.2, -0.15) is 4.98 Å². The predicted octanol–water partition coefficient (Wildman–Crippen LogP) is 1.65. The van der Waals surface area contributed by atoms with Crippen molar-refractivity contribution in [2.45, 2.75) is 64.1 Å². The standard InChI is InChI=1S/C16H24N6O2/c1-2-14-18-13(21-24-14)10-22-7-3-4-12(9-22)17-8-15-19-20-16(23-15)11-5-6-11/h11-12,17H,2-10H2,1H3. The number of hydrogen-bond acceptors (Lipinski definition) is 8. The van der Waals surface area contributed by atoms with E-state index in [1.54, 1.807) is 0 Å². The number of nitrogens with zero attached hydrogens (tertiary/aromatic N) is 5. The number of rotatable bonds is 7. The zero-order chi connectivity index (χ0) is 16.4. The molecule has 0 radical (unpaired) electrons. The van der Waals surface area contributed by atoms with Gasteiger partial charge in [0.05, 0.1) is 13.1 Å². The van der Waals surface area contributed by atoms with Crippen LogP contribution in [0.15, 0.2) is 8.94 Å². The molecule has 0 aromatic carbocycles. The van der Waals surface area contributed by atoms with E-state index in [2.05, 4.69) is 30.6 Å². The van der Waals surface area contributed by atoms with E-state index in [4.69, 9.17) is 8.94 Å². The van der Waals surface area contributed by atoms with Crippen LogP contribution in [0.2, 0.25) is 0 Å². The molecule has 2 aromatic heterocycles. The highest BCUT2D eigenvalue weighted by Crippen LogP contribution is 2.38. The van der Waals surface area contributed by atoms with Gasteiger partial charge in [-0.15, -0.1) is 10.2 Å². The van der Waals surface area contributed by atoms with E-state index >= 15 is 0 Å². The van der Waals surface area contributed by atoms with Gasteiger partial charge < -0.3 is 14.3 Å². The molecule has 8 nitrogen and oxygen atoms in total. The molecule has 3 heterocycles. The molecule has 2 fully saturated rings. The van der Waals surface area contributed by atoms with Gasteiger partial charge in [0.25, 0.3) is 0 Å². The quantitative estimate of drug-likeness (QED) is 0.818. The lowest BCUT2D eigenvalue weighted by atomic mass is 10.1. The van der Waals surface area contributed by atoms with Crippen molar-refractivity contribution in [3.8, 4) is 0 Å². The Bertz CT molecular complexity index is 665. The molecule has 8 heteroatoms. The molecule has 2 aromatic rings. The number of piperidine rings is 1. The van der Waals surface area contributed by atoms with E-state index in [1.807, 2.05) is 6.92 Å². The second-order valence-electron chi connectivity index (χ2n) is 6.72. The summed E-state index contributed by atoms with van der Waals surface area (Å²) in [6.07, 6.45) is 5.47. The first-order valence-electron chi connectivity index (χ1n) is 8.89. The fraction of sp³-hybridized carbons (Fsp3) is 0.750. The maximum atomic E-state index is 5.71. The summed E-state index contributed by atoms with van der Waals surface area (Å²) in [7, 11) is 0. The summed E-state index contributed by atoms with van der Waals surface area (Å²) in [6.45, 7) is 5.44. The molecule has 24 heavy (non-hydrogen) atoms.